The van der Waals surface area contributed by atoms with E-state index in [-0.39, 0.29) is 11.1 Å². The smallest absolute Gasteiger partial charge is 0.255 e. The summed E-state index contributed by atoms with van der Waals surface area (Å²) in [5.41, 5.74) is -1.88. The third-order valence-corrected chi connectivity index (χ3v) is 7.04. The predicted octanol–water partition coefficient (Wildman–Crippen LogP) is -1.24. The number of benzene rings is 1. The minimum atomic E-state index is -3.02. The molecule has 1 amide bonds. The summed E-state index contributed by atoms with van der Waals surface area (Å²) in [6.45, 7) is 1.25. The van der Waals surface area contributed by atoms with Crippen LogP contribution in [-0.2, 0) is 15.2 Å². The van der Waals surface area contributed by atoms with Crippen LogP contribution >= 0.6 is 0 Å². The third kappa shape index (κ3) is 2.61. The molecule has 1 aromatic carbocycles. The van der Waals surface area contributed by atoms with Gasteiger partial charge < -0.3 is 36.4 Å². The van der Waals surface area contributed by atoms with E-state index in [1.54, 1.807) is 0 Å². The number of fused-ring (bicyclic) bond motifs is 3. The Hall–Kier alpha value is -3.25. The Balaban J connectivity index is 2.10. The fraction of sp³-hybridized carbons (Fsp3) is 0.409. The number of likely N-dealkylation sites (N-methyl/N-ethyl adjacent to an activating group) is 1. The van der Waals surface area contributed by atoms with Crippen LogP contribution in [0.4, 0.5) is 0 Å². The lowest BCUT2D eigenvalue weighted by molar-refractivity contribution is -0.173. The molecule has 8 N–H and O–H groups in total. The molecule has 11 heteroatoms. The number of amides is 1. The zero-order valence-corrected chi connectivity index (χ0v) is 18.0. The molecule has 176 valence electrons. The topological polar surface area (TPSA) is 202 Å². The van der Waals surface area contributed by atoms with Crippen LogP contribution in [0.25, 0.3) is 0 Å². The maximum absolute atomic E-state index is 13.3. The van der Waals surface area contributed by atoms with Gasteiger partial charge in [0.05, 0.1) is 40.7 Å². The summed E-state index contributed by atoms with van der Waals surface area (Å²) in [6, 6.07) is 2.54. The molecule has 0 radical (unpaired) electrons. The lowest BCUT2D eigenvalue weighted by atomic mass is 9.54. The molecular weight excluding hydrogens is 436 g/mol. The Labute approximate surface area is 187 Å². The van der Waals surface area contributed by atoms with E-state index in [0.29, 0.717) is 0 Å². The Morgan fingerprint density at radius 1 is 1.12 bits per heavy atom. The molecule has 3 aliphatic rings. The molecule has 3 aliphatic carbocycles. The summed E-state index contributed by atoms with van der Waals surface area (Å²) in [4.78, 5) is 39.8. The molecule has 4 rings (SSSR count). The summed E-state index contributed by atoms with van der Waals surface area (Å²) < 4.78 is 0. The number of nitrogens with zero attached hydrogens (tertiary/aromatic N) is 1. The maximum Gasteiger partial charge on any atom is 0.255 e. The highest BCUT2D eigenvalue weighted by Gasteiger charge is 2.69. The number of phenolic OH excluding ortho intramolecular Hbond substituents is 1. The maximum atomic E-state index is 13.3. The van der Waals surface area contributed by atoms with Crippen molar-refractivity contribution in [1.82, 2.24) is 4.90 Å². The Bertz CT molecular complexity index is 1180. The van der Waals surface area contributed by atoms with Crippen LogP contribution < -0.4 is 5.73 Å². The highest BCUT2D eigenvalue weighted by Crippen LogP contribution is 2.56. The molecule has 0 saturated heterocycles. The van der Waals surface area contributed by atoms with Crippen LogP contribution in [0.15, 0.2) is 40.9 Å². The van der Waals surface area contributed by atoms with Crippen LogP contribution in [0.5, 0.6) is 5.75 Å². The van der Waals surface area contributed by atoms with Gasteiger partial charge in [0.25, 0.3) is 5.91 Å². The SMILES string of the molecule is CN(C)C1C(O)=C(C(N)=O)C(=O)[C@@]2(O)C(O)=C3C(=O)c4c(O)cccc4[C@@](C)(O)[C@H]3C(O)[C@@H]12. The van der Waals surface area contributed by atoms with Crippen molar-refractivity contribution in [3.05, 3.63) is 52.0 Å². The monoisotopic (exact) mass is 460 g/mol. The number of rotatable bonds is 2. The van der Waals surface area contributed by atoms with Crippen LogP contribution in [-0.4, -0.2) is 84.9 Å². The van der Waals surface area contributed by atoms with Gasteiger partial charge in [-0.25, -0.2) is 0 Å². The van der Waals surface area contributed by atoms with Crippen molar-refractivity contribution in [2.45, 2.75) is 30.3 Å². The van der Waals surface area contributed by atoms with Gasteiger partial charge >= 0.3 is 0 Å². The number of hydrogen-bond donors (Lipinski definition) is 7. The second kappa shape index (κ2) is 6.87. The average molecular weight is 460 g/mol. The molecule has 0 aromatic heterocycles. The van der Waals surface area contributed by atoms with Gasteiger partial charge in [-0.3, -0.25) is 19.3 Å². The van der Waals surface area contributed by atoms with Crippen molar-refractivity contribution < 1.29 is 45.0 Å². The predicted molar refractivity (Wildman–Crippen MR) is 111 cm³/mol. The fourth-order valence-electron chi connectivity index (χ4n) is 5.60. The number of carbonyl (C=O) groups is 3. The zero-order chi connectivity index (χ0) is 24.8. The first-order valence-electron chi connectivity index (χ1n) is 10.1. The van der Waals surface area contributed by atoms with Crippen molar-refractivity contribution in [1.29, 1.82) is 0 Å². The molecule has 2 unspecified atom stereocenters. The number of ketones is 2. The van der Waals surface area contributed by atoms with E-state index in [9.17, 15) is 45.0 Å². The van der Waals surface area contributed by atoms with E-state index < -0.39 is 81.1 Å². The van der Waals surface area contributed by atoms with E-state index in [1.807, 2.05) is 0 Å². The number of hydrogen-bond acceptors (Lipinski definition) is 10. The highest BCUT2D eigenvalue weighted by atomic mass is 16.4. The van der Waals surface area contributed by atoms with Gasteiger partial charge in [0.15, 0.2) is 11.4 Å². The quantitative estimate of drug-likeness (QED) is 0.262. The van der Waals surface area contributed by atoms with Crippen molar-refractivity contribution in [2.75, 3.05) is 14.1 Å². The van der Waals surface area contributed by atoms with Gasteiger partial charge in [-0.2, -0.15) is 0 Å². The van der Waals surface area contributed by atoms with Gasteiger partial charge in [0.2, 0.25) is 5.78 Å². The van der Waals surface area contributed by atoms with E-state index in [4.69, 9.17) is 5.73 Å². The van der Waals surface area contributed by atoms with Gasteiger partial charge in [-0.05, 0) is 32.6 Å². The van der Waals surface area contributed by atoms with E-state index in [0.717, 1.165) is 0 Å². The summed E-state index contributed by atoms with van der Waals surface area (Å²) in [6.07, 6.45) is -1.87. The van der Waals surface area contributed by atoms with Crippen molar-refractivity contribution >= 4 is 17.5 Å². The second-order valence-electron chi connectivity index (χ2n) is 9.06. The minimum absolute atomic E-state index is 0.0281. The molecule has 0 saturated carbocycles. The number of aliphatic hydroxyl groups excluding tert-OH is 3. The van der Waals surface area contributed by atoms with Crippen LogP contribution in [0.2, 0.25) is 0 Å². The number of aliphatic hydroxyl groups is 5. The van der Waals surface area contributed by atoms with Crippen LogP contribution in [0.1, 0.15) is 22.8 Å². The number of aromatic hydroxyl groups is 1. The van der Waals surface area contributed by atoms with E-state index in [1.165, 1.54) is 44.1 Å². The Morgan fingerprint density at radius 3 is 2.27 bits per heavy atom. The molecule has 0 heterocycles. The first-order valence-corrected chi connectivity index (χ1v) is 10.1. The Morgan fingerprint density at radius 2 is 1.73 bits per heavy atom. The molecule has 0 fully saturated rings. The normalized spacial score (nSPS) is 36.0. The van der Waals surface area contributed by atoms with Gasteiger partial charge in [-0.1, -0.05) is 12.1 Å². The number of carbonyl (C=O) groups excluding carboxylic acids is 3. The van der Waals surface area contributed by atoms with Crippen molar-refractivity contribution in [3.8, 4) is 5.75 Å². The number of nitrogens with two attached hydrogens (primary N) is 1. The number of primary amides is 1. The lowest BCUT2D eigenvalue weighted by Gasteiger charge is -2.55. The number of Topliss-reactive ketones (excluding diaryl/α,β-unsaturated/α-hetero) is 2. The number of phenols is 1. The Kier molecular flexibility index (Phi) is 4.78. The largest absolute Gasteiger partial charge is 0.510 e. The molecule has 1 aromatic rings. The van der Waals surface area contributed by atoms with Crippen molar-refractivity contribution in [2.24, 2.45) is 17.6 Å². The third-order valence-electron chi connectivity index (χ3n) is 7.04. The van der Waals surface area contributed by atoms with E-state index in [2.05, 4.69) is 0 Å². The summed E-state index contributed by atoms with van der Waals surface area (Å²) in [5.74, 6) is -9.66. The van der Waals surface area contributed by atoms with Gasteiger partial charge in [0.1, 0.15) is 22.8 Å². The molecule has 6 atom stereocenters. The summed E-state index contributed by atoms with van der Waals surface area (Å²) in [7, 11) is 2.85. The fourth-order valence-corrected chi connectivity index (χ4v) is 5.60. The van der Waals surface area contributed by atoms with Crippen LogP contribution in [0, 0.1) is 11.8 Å². The second-order valence-corrected chi connectivity index (χ2v) is 9.06. The first kappa shape index (κ1) is 22.9. The molecule has 0 spiro atoms. The average Bonchev–Trinajstić information content (AvgIpc) is 2.70. The van der Waals surface area contributed by atoms with Crippen LogP contribution in [0.3, 0.4) is 0 Å². The molecule has 0 aliphatic heterocycles. The molecular formula is C22H24N2O9. The minimum Gasteiger partial charge on any atom is -0.510 e. The standard InChI is InChI=1S/C22H24N2O9/c1-21(32)7-5-4-6-8(25)9(7)15(26)10-12(21)17(28)13-14(24(2)3)16(27)11(20(23)31)19(30)22(13,33)18(10)29/h4-6,12-14,17,25,27-29,32-33H,1-3H3,(H2,23,31)/t12-,13-,14?,17?,21-,22+/m1/s1. The van der Waals surface area contributed by atoms with Gasteiger partial charge in [0, 0.05) is 0 Å². The molecule has 0 bridgehead atoms. The van der Waals surface area contributed by atoms with Gasteiger partial charge in [-0.15, -0.1) is 0 Å². The summed E-state index contributed by atoms with van der Waals surface area (Å²) >= 11 is 0. The zero-order valence-electron chi connectivity index (χ0n) is 18.0. The lowest BCUT2D eigenvalue weighted by Crippen LogP contribution is -2.70. The van der Waals surface area contributed by atoms with Crippen molar-refractivity contribution in [3.63, 3.8) is 0 Å². The molecule has 33 heavy (non-hydrogen) atoms. The first-order chi connectivity index (χ1) is 15.2. The summed E-state index contributed by atoms with van der Waals surface area (Å²) in [5, 5.41) is 66.5. The van der Waals surface area contributed by atoms with E-state index >= 15 is 0 Å². The highest BCUT2D eigenvalue weighted by molar-refractivity contribution is 6.25. The molecule has 11 nitrogen and oxygen atoms in total.